The largest absolute Gasteiger partial charge is 0.325 e. The SMILES string of the molecule is CCc1ccccc1Nc1nc(=O)c(F)cn1Cc1ccc(F)cc1. The predicted octanol–water partition coefficient (Wildman–Crippen LogP) is 3.88. The van der Waals surface area contributed by atoms with Crippen LogP contribution >= 0.6 is 0 Å². The number of rotatable bonds is 5. The van der Waals surface area contributed by atoms with Gasteiger partial charge in [0.05, 0.1) is 6.54 Å². The molecule has 2 aromatic carbocycles. The van der Waals surface area contributed by atoms with Gasteiger partial charge >= 0.3 is 5.56 Å². The smallest absolute Gasteiger partial charge is 0.310 e. The molecule has 0 fully saturated rings. The third-order valence-corrected chi connectivity index (χ3v) is 3.86. The van der Waals surface area contributed by atoms with Crippen molar-refractivity contribution in [3.8, 4) is 0 Å². The van der Waals surface area contributed by atoms with E-state index in [0.29, 0.717) is 0 Å². The van der Waals surface area contributed by atoms with E-state index >= 15 is 0 Å². The monoisotopic (exact) mass is 341 g/mol. The first-order chi connectivity index (χ1) is 12.1. The Kier molecular flexibility index (Phi) is 4.88. The average molecular weight is 341 g/mol. The van der Waals surface area contributed by atoms with E-state index in [1.165, 1.54) is 16.7 Å². The molecule has 0 aliphatic rings. The zero-order valence-corrected chi connectivity index (χ0v) is 13.7. The molecule has 0 saturated heterocycles. The summed E-state index contributed by atoms with van der Waals surface area (Å²) in [6, 6.07) is 13.5. The highest BCUT2D eigenvalue weighted by Gasteiger charge is 2.11. The number of aryl methyl sites for hydroxylation is 1. The van der Waals surface area contributed by atoms with Crippen LogP contribution in [0.2, 0.25) is 0 Å². The van der Waals surface area contributed by atoms with Crippen LogP contribution in [0.25, 0.3) is 0 Å². The summed E-state index contributed by atoms with van der Waals surface area (Å²) in [5.74, 6) is -1.05. The maximum absolute atomic E-state index is 13.7. The molecular formula is C19H17F2N3O. The second-order valence-electron chi connectivity index (χ2n) is 5.61. The lowest BCUT2D eigenvalue weighted by molar-refractivity contribution is 0.578. The maximum atomic E-state index is 13.7. The van der Waals surface area contributed by atoms with E-state index in [4.69, 9.17) is 0 Å². The van der Waals surface area contributed by atoms with Gasteiger partial charge in [0, 0.05) is 11.9 Å². The van der Waals surface area contributed by atoms with Crippen molar-refractivity contribution in [3.63, 3.8) is 0 Å². The fourth-order valence-electron chi connectivity index (χ4n) is 2.54. The number of hydrogen-bond donors (Lipinski definition) is 1. The van der Waals surface area contributed by atoms with Crippen molar-refractivity contribution in [2.24, 2.45) is 0 Å². The maximum Gasteiger partial charge on any atom is 0.310 e. The molecule has 3 aromatic rings. The molecule has 0 aliphatic carbocycles. The normalized spacial score (nSPS) is 10.7. The fraction of sp³-hybridized carbons (Fsp3) is 0.158. The Labute approximate surface area is 143 Å². The molecule has 0 amide bonds. The van der Waals surface area contributed by atoms with E-state index in [0.717, 1.165) is 29.4 Å². The molecule has 1 N–H and O–H groups in total. The Morgan fingerprint density at radius 3 is 2.52 bits per heavy atom. The summed E-state index contributed by atoms with van der Waals surface area (Å²) in [4.78, 5) is 15.4. The Morgan fingerprint density at radius 2 is 1.80 bits per heavy atom. The first kappa shape index (κ1) is 16.8. The van der Waals surface area contributed by atoms with Crippen LogP contribution in [0.4, 0.5) is 20.4 Å². The number of benzene rings is 2. The number of anilines is 2. The van der Waals surface area contributed by atoms with Crippen LogP contribution in [0.5, 0.6) is 0 Å². The van der Waals surface area contributed by atoms with E-state index in [2.05, 4.69) is 10.3 Å². The Morgan fingerprint density at radius 1 is 1.08 bits per heavy atom. The standard InChI is InChI=1S/C19H17F2N3O/c1-2-14-5-3-4-6-17(14)22-19-23-18(25)16(21)12-24(19)11-13-7-9-15(20)10-8-13/h3-10,12H,2,11H2,1H3,(H,22,23,25). The van der Waals surface area contributed by atoms with Gasteiger partial charge in [0.1, 0.15) is 5.82 Å². The van der Waals surface area contributed by atoms with Crippen molar-refractivity contribution in [1.29, 1.82) is 0 Å². The number of nitrogens with zero attached hydrogens (tertiary/aromatic N) is 2. The summed E-state index contributed by atoms with van der Waals surface area (Å²) in [7, 11) is 0. The molecule has 0 aliphatic heterocycles. The number of nitrogens with one attached hydrogen (secondary N) is 1. The molecule has 128 valence electrons. The third kappa shape index (κ3) is 3.91. The van der Waals surface area contributed by atoms with Crippen LogP contribution in [-0.2, 0) is 13.0 Å². The van der Waals surface area contributed by atoms with Crippen LogP contribution in [0.15, 0.2) is 59.5 Å². The molecule has 0 atom stereocenters. The highest BCUT2D eigenvalue weighted by Crippen LogP contribution is 2.20. The quantitative estimate of drug-likeness (QED) is 0.766. The summed E-state index contributed by atoms with van der Waals surface area (Å²) in [6.07, 6.45) is 1.90. The van der Waals surface area contributed by atoms with Gasteiger partial charge in [-0.15, -0.1) is 0 Å². The van der Waals surface area contributed by atoms with Crippen molar-refractivity contribution >= 4 is 11.6 Å². The molecule has 0 saturated carbocycles. The lowest BCUT2D eigenvalue weighted by atomic mass is 10.1. The number of aromatic nitrogens is 2. The van der Waals surface area contributed by atoms with Gasteiger partial charge < -0.3 is 9.88 Å². The van der Waals surface area contributed by atoms with Gasteiger partial charge in [0.25, 0.3) is 0 Å². The third-order valence-electron chi connectivity index (χ3n) is 3.86. The summed E-state index contributed by atoms with van der Waals surface area (Å²) in [5, 5.41) is 3.10. The van der Waals surface area contributed by atoms with Crippen LogP contribution < -0.4 is 10.9 Å². The van der Waals surface area contributed by atoms with Crippen LogP contribution in [0.3, 0.4) is 0 Å². The minimum atomic E-state index is -0.934. The number of para-hydroxylation sites is 1. The van der Waals surface area contributed by atoms with Gasteiger partial charge in [0.2, 0.25) is 11.8 Å². The highest BCUT2D eigenvalue weighted by atomic mass is 19.1. The van der Waals surface area contributed by atoms with Crippen LogP contribution in [-0.4, -0.2) is 9.55 Å². The Bertz CT molecular complexity index is 936. The van der Waals surface area contributed by atoms with E-state index in [1.54, 1.807) is 12.1 Å². The first-order valence-electron chi connectivity index (χ1n) is 7.93. The average Bonchev–Trinajstić information content (AvgIpc) is 2.61. The minimum Gasteiger partial charge on any atom is -0.325 e. The fourth-order valence-corrected chi connectivity index (χ4v) is 2.54. The highest BCUT2D eigenvalue weighted by molar-refractivity contribution is 5.58. The molecule has 4 nitrogen and oxygen atoms in total. The topological polar surface area (TPSA) is 46.9 Å². The van der Waals surface area contributed by atoms with Crippen molar-refractivity contribution in [3.05, 3.63) is 87.8 Å². The number of hydrogen-bond acceptors (Lipinski definition) is 3. The summed E-state index contributed by atoms with van der Waals surface area (Å²) >= 11 is 0. The molecule has 1 aromatic heterocycles. The first-order valence-corrected chi connectivity index (χ1v) is 7.93. The van der Waals surface area contributed by atoms with Gasteiger partial charge in [0.15, 0.2) is 0 Å². The second kappa shape index (κ2) is 7.25. The number of halogens is 2. The summed E-state index contributed by atoms with van der Waals surface area (Å²) < 4.78 is 28.3. The van der Waals surface area contributed by atoms with E-state index in [9.17, 15) is 13.6 Å². The molecule has 0 spiro atoms. The summed E-state index contributed by atoms with van der Waals surface area (Å²) in [6.45, 7) is 2.27. The molecular weight excluding hydrogens is 324 g/mol. The van der Waals surface area contributed by atoms with Crippen molar-refractivity contribution in [1.82, 2.24) is 9.55 Å². The van der Waals surface area contributed by atoms with Gasteiger partial charge in [-0.3, -0.25) is 4.79 Å². The minimum absolute atomic E-state index is 0.233. The predicted molar refractivity (Wildman–Crippen MR) is 93.1 cm³/mol. The molecule has 1 heterocycles. The van der Waals surface area contributed by atoms with Crippen LogP contribution in [0.1, 0.15) is 18.1 Å². The van der Waals surface area contributed by atoms with Gasteiger partial charge in [-0.2, -0.15) is 9.37 Å². The van der Waals surface area contributed by atoms with Crippen molar-refractivity contribution < 1.29 is 8.78 Å². The van der Waals surface area contributed by atoms with Crippen LogP contribution in [0, 0.1) is 11.6 Å². The van der Waals surface area contributed by atoms with Gasteiger partial charge in [-0.25, -0.2) is 4.39 Å². The molecule has 6 heteroatoms. The Balaban J connectivity index is 1.99. The van der Waals surface area contributed by atoms with Gasteiger partial charge in [-0.05, 0) is 35.7 Å². The van der Waals surface area contributed by atoms with Crippen molar-refractivity contribution in [2.45, 2.75) is 19.9 Å². The molecule has 0 radical (unpaired) electrons. The Hall–Kier alpha value is -3.02. The molecule has 0 unspecified atom stereocenters. The lowest BCUT2D eigenvalue weighted by Crippen LogP contribution is -2.20. The second-order valence-corrected chi connectivity index (χ2v) is 5.61. The molecule has 25 heavy (non-hydrogen) atoms. The molecule has 0 bridgehead atoms. The van der Waals surface area contributed by atoms with E-state index in [1.807, 2.05) is 31.2 Å². The molecule has 3 rings (SSSR count). The van der Waals surface area contributed by atoms with Gasteiger partial charge in [-0.1, -0.05) is 37.3 Å². The lowest BCUT2D eigenvalue weighted by Gasteiger charge is -2.16. The van der Waals surface area contributed by atoms with E-state index in [-0.39, 0.29) is 18.3 Å². The summed E-state index contributed by atoms with van der Waals surface area (Å²) in [5.41, 5.74) is 1.69. The zero-order chi connectivity index (χ0) is 17.8. The van der Waals surface area contributed by atoms with Crippen molar-refractivity contribution in [2.75, 3.05) is 5.32 Å². The van der Waals surface area contributed by atoms with E-state index < -0.39 is 11.4 Å². The zero-order valence-electron chi connectivity index (χ0n) is 13.7.